The Morgan fingerprint density at radius 1 is 0.750 bits per heavy atom. The Kier molecular flexibility index (Phi) is 15.4. The molecule has 0 N–H and O–H groups in total. The van der Waals surface area contributed by atoms with Crippen molar-refractivity contribution >= 4 is 0 Å². The van der Waals surface area contributed by atoms with Crippen LogP contribution in [0.25, 0.3) is 0 Å². The van der Waals surface area contributed by atoms with Crippen molar-refractivity contribution in [2.24, 2.45) is 11.8 Å². The predicted octanol–water partition coefficient (Wildman–Crippen LogP) is 5.76. The Labute approximate surface area is 176 Å². The first-order chi connectivity index (χ1) is 13.7. The highest BCUT2D eigenvalue weighted by Gasteiger charge is 2.31. The Balaban J connectivity index is 2.62. The van der Waals surface area contributed by atoms with Crippen LogP contribution in [0.5, 0.6) is 0 Å². The molecule has 4 nitrogen and oxygen atoms in total. The van der Waals surface area contributed by atoms with Gasteiger partial charge in [0.2, 0.25) is 0 Å². The summed E-state index contributed by atoms with van der Waals surface area (Å²) in [5, 5.41) is 0. The first kappa shape index (κ1) is 25.9. The Morgan fingerprint density at radius 2 is 1.29 bits per heavy atom. The van der Waals surface area contributed by atoms with E-state index in [-0.39, 0.29) is 6.29 Å². The minimum absolute atomic E-state index is 0.0309. The monoisotopic (exact) mass is 398 g/mol. The van der Waals surface area contributed by atoms with Crippen LogP contribution >= 0.6 is 0 Å². The third-order valence-corrected chi connectivity index (χ3v) is 6.33. The molecule has 1 aliphatic heterocycles. The van der Waals surface area contributed by atoms with Crippen molar-refractivity contribution in [1.29, 1.82) is 0 Å². The van der Waals surface area contributed by atoms with Gasteiger partial charge < -0.3 is 9.47 Å². The molecule has 1 fully saturated rings. The second kappa shape index (κ2) is 16.6. The van der Waals surface area contributed by atoms with Crippen molar-refractivity contribution in [2.75, 3.05) is 46.1 Å². The zero-order valence-corrected chi connectivity index (χ0v) is 19.8. The molecule has 0 saturated carbocycles. The average Bonchev–Trinajstić information content (AvgIpc) is 2.72. The summed E-state index contributed by atoms with van der Waals surface area (Å²) in [6.45, 7) is 18.4. The summed E-state index contributed by atoms with van der Waals surface area (Å²) in [7, 11) is 0. The van der Waals surface area contributed by atoms with Gasteiger partial charge in [-0.05, 0) is 45.2 Å². The number of nitrogens with zero attached hydrogens (tertiary/aromatic N) is 2. The molecule has 168 valence electrons. The van der Waals surface area contributed by atoms with Gasteiger partial charge in [-0.15, -0.1) is 0 Å². The van der Waals surface area contributed by atoms with E-state index in [9.17, 15) is 0 Å². The van der Waals surface area contributed by atoms with E-state index in [2.05, 4.69) is 44.4 Å². The largest absolute Gasteiger partial charge is 0.353 e. The van der Waals surface area contributed by atoms with Gasteiger partial charge >= 0.3 is 0 Å². The molecule has 0 radical (unpaired) electrons. The lowest BCUT2D eigenvalue weighted by Crippen LogP contribution is -2.51. The molecule has 0 aliphatic carbocycles. The van der Waals surface area contributed by atoms with Crippen LogP contribution in [-0.2, 0) is 9.47 Å². The van der Waals surface area contributed by atoms with Gasteiger partial charge in [0.05, 0.1) is 6.67 Å². The predicted molar refractivity (Wildman–Crippen MR) is 121 cm³/mol. The Bertz CT molecular complexity index is 335. The molecule has 4 heteroatoms. The van der Waals surface area contributed by atoms with Crippen LogP contribution in [0.3, 0.4) is 0 Å². The van der Waals surface area contributed by atoms with E-state index in [4.69, 9.17) is 9.47 Å². The standard InChI is InChI=1S/C24H50N2O2/c1-6-11-12-13-14-15-16-17-22(18-24(27-9-4)28-10-5)23-19-25(7-2)21-26(8-3)20-23/h22-24H,6-21H2,1-5H3. The Morgan fingerprint density at radius 3 is 1.79 bits per heavy atom. The van der Waals surface area contributed by atoms with E-state index < -0.39 is 0 Å². The minimum Gasteiger partial charge on any atom is -0.353 e. The number of hydrogen-bond acceptors (Lipinski definition) is 4. The molecule has 1 rings (SSSR count). The third kappa shape index (κ3) is 10.6. The molecule has 28 heavy (non-hydrogen) atoms. The van der Waals surface area contributed by atoms with Crippen molar-refractivity contribution in [1.82, 2.24) is 9.80 Å². The second-order valence-electron chi connectivity index (χ2n) is 8.49. The number of hydrogen-bond donors (Lipinski definition) is 0. The molecule has 1 heterocycles. The van der Waals surface area contributed by atoms with Crippen LogP contribution in [0.15, 0.2) is 0 Å². The highest BCUT2D eigenvalue weighted by Crippen LogP contribution is 2.30. The maximum atomic E-state index is 5.93. The number of rotatable bonds is 17. The lowest BCUT2D eigenvalue weighted by molar-refractivity contribution is -0.151. The van der Waals surface area contributed by atoms with E-state index in [1.165, 1.54) is 64.5 Å². The second-order valence-corrected chi connectivity index (χ2v) is 8.49. The molecule has 0 aromatic carbocycles. The van der Waals surface area contributed by atoms with Crippen LogP contribution in [0, 0.1) is 11.8 Å². The van der Waals surface area contributed by atoms with Crippen LogP contribution in [0.1, 0.15) is 92.4 Å². The lowest BCUT2D eigenvalue weighted by Gasteiger charge is -2.43. The summed E-state index contributed by atoms with van der Waals surface area (Å²) >= 11 is 0. The average molecular weight is 399 g/mol. The topological polar surface area (TPSA) is 24.9 Å². The van der Waals surface area contributed by atoms with Gasteiger partial charge in [-0.2, -0.15) is 0 Å². The molecule has 1 aliphatic rings. The summed E-state index contributed by atoms with van der Waals surface area (Å²) < 4.78 is 11.9. The molecular formula is C24H50N2O2. The van der Waals surface area contributed by atoms with Crippen LogP contribution < -0.4 is 0 Å². The molecule has 0 bridgehead atoms. The van der Waals surface area contributed by atoms with E-state index in [0.29, 0.717) is 5.92 Å². The molecule has 0 amide bonds. The summed E-state index contributed by atoms with van der Waals surface area (Å²) in [6.07, 6.45) is 12.0. The van der Waals surface area contributed by atoms with E-state index >= 15 is 0 Å². The Hall–Kier alpha value is -0.160. The van der Waals surface area contributed by atoms with Gasteiger partial charge in [0.1, 0.15) is 0 Å². The molecular weight excluding hydrogens is 348 g/mol. The third-order valence-electron chi connectivity index (χ3n) is 6.33. The summed E-state index contributed by atoms with van der Waals surface area (Å²) in [4.78, 5) is 5.23. The first-order valence-electron chi connectivity index (χ1n) is 12.4. The van der Waals surface area contributed by atoms with Crippen molar-refractivity contribution < 1.29 is 9.47 Å². The van der Waals surface area contributed by atoms with Crippen LogP contribution in [0.2, 0.25) is 0 Å². The maximum Gasteiger partial charge on any atom is 0.157 e. The van der Waals surface area contributed by atoms with E-state index in [1.54, 1.807) is 0 Å². The van der Waals surface area contributed by atoms with Gasteiger partial charge in [-0.25, -0.2) is 0 Å². The maximum absolute atomic E-state index is 5.93. The lowest BCUT2D eigenvalue weighted by atomic mass is 9.83. The van der Waals surface area contributed by atoms with Crippen molar-refractivity contribution in [3.05, 3.63) is 0 Å². The fourth-order valence-electron chi connectivity index (χ4n) is 4.59. The van der Waals surface area contributed by atoms with Gasteiger partial charge in [-0.1, -0.05) is 65.7 Å². The molecule has 1 atom stereocenters. The van der Waals surface area contributed by atoms with Crippen molar-refractivity contribution in [3.8, 4) is 0 Å². The molecule has 0 aromatic heterocycles. The zero-order chi connectivity index (χ0) is 20.6. The summed E-state index contributed by atoms with van der Waals surface area (Å²) in [6, 6.07) is 0. The van der Waals surface area contributed by atoms with E-state index in [1.807, 2.05) is 0 Å². The summed E-state index contributed by atoms with van der Waals surface area (Å²) in [5.41, 5.74) is 0. The highest BCUT2D eigenvalue weighted by atomic mass is 16.7. The van der Waals surface area contributed by atoms with Gasteiger partial charge in [0.25, 0.3) is 0 Å². The van der Waals surface area contributed by atoms with Crippen molar-refractivity contribution in [2.45, 2.75) is 98.7 Å². The number of ether oxygens (including phenoxy) is 2. The van der Waals surface area contributed by atoms with Gasteiger partial charge in [0, 0.05) is 32.7 Å². The molecule has 1 unspecified atom stereocenters. The highest BCUT2D eigenvalue weighted by molar-refractivity contribution is 4.82. The SMILES string of the molecule is CCCCCCCCCC(CC(OCC)OCC)C1CN(CC)CN(CC)C1. The first-order valence-corrected chi connectivity index (χ1v) is 12.4. The van der Waals surface area contributed by atoms with Gasteiger partial charge in [0.15, 0.2) is 6.29 Å². The molecule has 1 saturated heterocycles. The van der Waals surface area contributed by atoms with E-state index in [0.717, 1.165) is 45.3 Å². The van der Waals surface area contributed by atoms with Crippen LogP contribution in [-0.4, -0.2) is 62.2 Å². The fraction of sp³-hybridized carbons (Fsp3) is 1.00. The fourth-order valence-corrected chi connectivity index (χ4v) is 4.59. The van der Waals surface area contributed by atoms with Crippen LogP contribution in [0.4, 0.5) is 0 Å². The smallest absolute Gasteiger partial charge is 0.157 e. The number of unbranched alkanes of at least 4 members (excludes halogenated alkanes) is 6. The molecule has 0 aromatic rings. The zero-order valence-electron chi connectivity index (χ0n) is 19.8. The summed E-state index contributed by atoms with van der Waals surface area (Å²) in [5.74, 6) is 1.43. The molecule has 0 spiro atoms. The van der Waals surface area contributed by atoms with Crippen molar-refractivity contribution in [3.63, 3.8) is 0 Å². The van der Waals surface area contributed by atoms with Gasteiger partial charge in [-0.3, -0.25) is 9.80 Å². The minimum atomic E-state index is -0.0309. The normalized spacial score (nSPS) is 18.2. The quantitative estimate of drug-likeness (QED) is 0.230.